The molecule has 4 rings (SSSR count). The number of sulfonamides is 1. The summed E-state index contributed by atoms with van der Waals surface area (Å²) in [5, 5.41) is 2.52. The first-order valence-electron chi connectivity index (χ1n) is 8.67. The molecule has 0 radical (unpaired) electrons. The lowest BCUT2D eigenvalue weighted by Gasteiger charge is -2.20. The van der Waals surface area contributed by atoms with E-state index in [1.54, 1.807) is 24.3 Å². The molecule has 1 aliphatic heterocycles. The molecular weight excluding hydrogens is 383 g/mol. The zero-order valence-corrected chi connectivity index (χ0v) is 15.6. The topological polar surface area (TPSA) is 79.6 Å². The van der Waals surface area contributed by atoms with Gasteiger partial charge in [0.25, 0.3) is 15.9 Å². The predicted molar refractivity (Wildman–Crippen MR) is 101 cm³/mol. The Hall–Kier alpha value is -3.13. The Morgan fingerprint density at radius 3 is 2.75 bits per heavy atom. The number of anilines is 1. The monoisotopic (exact) mass is 400 g/mol. The number of nitrogens with one attached hydrogen (secondary N) is 1. The van der Waals surface area contributed by atoms with Crippen LogP contribution in [-0.2, 0) is 23.0 Å². The van der Waals surface area contributed by atoms with Crippen molar-refractivity contribution in [3.05, 3.63) is 83.6 Å². The number of carbonyl (C=O) groups excluding carboxylic acids is 1. The molecule has 1 amide bonds. The number of furan rings is 1. The minimum absolute atomic E-state index is 0.0712. The number of fused-ring (bicyclic) bond motifs is 1. The van der Waals surface area contributed by atoms with E-state index in [9.17, 15) is 17.6 Å². The van der Waals surface area contributed by atoms with Gasteiger partial charge in [-0.3, -0.25) is 9.10 Å². The van der Waals surface area contributed by atoms with E-state index in [1.807, 2.05) is 12.1 Å². The van der Waals surface area contributed by atoms with Crippen LogP contribution in [0.1, 0.15) is 21.7 Å². The fraction of sp³-hybridized carbons (Fsp3) is 0.150. The third-order valence-electron chi connectivity index (χ3n) is 4.62. The second-order valence-corrected chi connectivity index (χ2v) is 8.22. The molecule has 8 heteroatoms. The van der Waals surface area contributed by atoms with E-state index in [-0.39, 0.29) is 17.0 Å². The number of rotatable bonds is 5. The van der Waals surface area contributed by atoms with Gasteiger partial charge >= 0.3 is 0 Å². The number of halogens is 1. The van der Waals surface area contributed by atoms with Gasteiger partial charge in [0.1, 0.15) is 11.6 Å². The molecule has 0 unspecified atom stereocenters. The van der Waals surface area contributed by atoms with Crippen LogP contribution >= 0.6 is 0 Å². The van der Waals surface area contributed by atoms with Crippen molar-refractivity contribution < 1.29 is 22.0 Å². The standard InChI is InChI=1S/C20H17FN2O4S/c21-18-8-7-16(12-17(18)20(24)22-13-15-5-3-11-27-15)28(25,26)23-10-9-14-4-1-2-6-19(14)23/h1-8,11-12H,9-10,13H2,(H,22,24). The van der Waals surface area contributed by atoms with Crippen LogP contribution in [0.3, 0.4) is 0 Å². The summed E-state index contributed by atoms with van der Waals surface area (Å²) in [5.74, 6) is -1.00. The van der Waals surface area contributed by atoms with Crippen LogP contribution < -0.4 is 9.62 Å². The SMILES string of the molecule is O=C(NCc1ccco1)c1cc(S(=O)(=O)N2CCc3ccccc32)ccc1F. The fourth-order valence-corrected chi connectivity index (χ4v) is 4.73. The predicted octanol–water partition coefficient (Wildman–Crippen LogP) is 3.10. The third kappa shape index (κ3) is 3.27. The minimum Gasteiger partial charge on any atom is -0.467 e. The van der Waals surface area contributed by atoms with Crippen molar-refractivity contribution in [1.82, 2.24) is 5.32 Å². The Morgan fingerprint density at radius 2 is 1.96 bits per heavy atom. The van der Waals surface area contributed by atoms with Crippen molar-refractivity contribution in [1.29, 1.82) is 0 Å². The summed E-state index contributed by atoms with van der Waals surface area (Å²) in [6.07, 6.45) is 2.07. The van der Waals surface area contributed by atoms with Gasteiger partial charge < -0.3 is 9.73 Å². The molecule has 3 aromatic rings. The zero-order valence-electron chi connectivity index (χ0n) is 14.8. The molecule has 1 aliphatic rings. The lowest BCUT2D eigenvalue weighted by molar-refractivity contribution is 0.0943. The number of para-hydroxylation sites is 1. The number of nitrogens with zero attached hydrogens (tertiary/aromatic N) is 1. The Bertz CT molecular complexity index is 1130. The first-order chi connectivity index (χ1) is 13.5. The smallest absolute Gasteiger partial charge is 0.264 e. The average molecular weight is 400 g/mol. The maximum Gasteiger partial charge on any atom is 0.264 e. The molecule has 0 saturated heterocycles. The van der Waals surface area contributed by atoms with E-state index in [0.717, 1.165) is 17.7 Å². The Morgan fingerprint density at radius 1 is 1.14 bits per heavy atom. The summed E-state index contributed by atoms with van der Waals surface area (Å²) >= 11 is 0. The van der Waals surface area contributed by atoms with Crippen molar-refractivity contribution in [2.75, 3.05) is 10.8 Å². The van der Waals surface area contributed by atoms with E-state index < -0.39 is 21.7 Å². The van der Waals surface area contributed by atoms with Gasteiger partial charge in [0.15, 0.2) is 0 Å². The van der Waals surface area contributed by atoms with Gasteiger partial charge in [-0.25, -0.2) is 12.8 Å². The number of hydrogen-bond donors (Lipinski definition) is 1. The van der Waals surface area contributed by atoms with Crippen LogP contribution in [-0.4, -0.2) is 20.9 Å². The molecule has 144 valence electrons. The highest BCUT2D eigenvalue weighted by Crippen LogP contribution is 2.33. The van der Waals surface area contributed by atoms with E-state index in [4.69, 9.17) is 4.42 Å². The molecule has 0 saturated carbocycles. The summed E-state index contributed by atoms with van der Waals surface area (Å²) < 4.78 is 46.8. The summed E-state index contributed by atoms with van der Waals surface area (Å²) in [6.45, 7) is 0.376. The van der Waals surface area contributed by atoms with Crippen LogP contribution in [0.2, 0.25) is 0 Å². The highest BCUT2D eigenvalue weighted by atomic mass is 32.2. The van der Waals surface area contributed by atoms with Crippen LogP contribution in [0, 0.1) is 5.82 Å². The van der Waals surface area contributed by atoms with Crippen LogP contribution in [0.5, 0.6) is 0 Å². The summed E-state index contributed by atoms with van der Waals surface area (Å²) in [6, 6.07) is 13.8. The maximum absolute atomic E-state index is 14.2. The number of benzene rings is 2. The van der Waals surface area contributed by atoms with Gasteiger partial charge in [-0.15, -0.1) is 0 Å². The second-order valence-electron chi connectivity index (χ2n) is 6.36. The first kappa shape index (κ1) is 18.2. The Labute approximate surface area is 161 Å². The number of amides is 1. The highest BCUT2D eigenvalue weighted by molar-refractivity contribution is 7.92. The number of carbonyl (C=O) groups is 1. The van der Waals surface area contributed by atoms with Crippen molar-refractivity contribution >= 4 is 21.6 Å². The lowest BCUT2D eigenvalue weighted by Crippen LogP contribution is -2.30. The van der Waals surface area contributed by atoms with Gasteiger partial charge in [-0.05, 0) is 48.4 Å². The van der Waals surface area contributed by atoms with Crippen molar-refractivity contribution in [3.63, 3.8) is 0 Å². The van der Waals surface area contributed by atoms with E-state index in [0.29, 0.717) is 24.4 Å². The van der Waals surface area contributed by atoms with Crippen molar-refractivity contribution in [2.45, 2.75) is 17.9 Å². The second kappa shape index (κ2) is 7.12. The Balaban J connectivity index is 1.62. The quantitative estimate of drug-likeness (QED) is 0.714. The normalized spacial score (nSPS) is 13.4. The van der Waals surface area contributed by atoms with Gasteiger partial charge in [0, 0.05) is 6.54 Å². The van der Waals surface area contributed by atoms with Crippen molar-refractivity contribution in [2.24, 2.45) is 0 Å². The lowest BCUT2D eigenvalue weighted by atomic mass is 10.2. The number of hydrogen-bond acceptors (Lipinski definition) is 4. The molecule has 2 heterocycles. The van der Waals surface area contributed by atoms with Gasteiger partial charge in [0.2, 0.25) is 0 Å². The van der Waals surface area contributed by atoms with E-state index >= 15 is 0 Å². The minimum atomic E-state index is -3.91. The molecule has 28 heavy (non-hydrogen) atoms. The molecule has 0 spiro atoms. The van der Waals surface area contributed by atoms with Gasteiger partial charge in [-0.2, -0.15) is 0 Å². The zero-order chi connectivity index (χ0) is 19.7. The van der Waals surface area contributed by atoms with E-state index in [2.05, 4.69) is 5.32 Å². The fourth-order valence-electron chi connectivity index (χ4n) is 3.20. The van der Waals surface area contributed by atoms with Crippen LogP contribution in [0.4, 0.5) is 10.1 Å². The summed E-state index contributed by atoms with van der Waals surface area (Å²) in [4.78, 5) is 12.2. The van der Waals surface area contributed by atoms with E-state index in [1.165, 1.54) is 16.6 Å². The largest absolute Gasteiger partial charge is 0.467 e. The average Bonchev–Trinajstić information content (AvgIpc) is 3.36. The molecule has 2 aromatic carbocycles. The molecule has 6 nitrogen and oxygen atoms in total. The highest BCUT2D eigenvalue weighted by Gasteiger charge is 2.31. The Kier molecular flexibility index (Phi) is 4.64. The molecule has 0 fully saturated rings. The summed E-state index contributed by atoms with van der Waals surface area (Å²) in [5.41, 5.74) is 1.21. The summed E-state index contributed by atoms with van der Waals surface area (Å²) in [7, 11) is -3.91. The molecule has 0 aliphatic carbocycles. The van der Waals surface area contributed by atoms with Crippen molar-refractivity contribution in [3.8, 4) is 0 Å². The van der Waals surface area contributed by atoms with Gasteiger partial charge in [0.05, 0.1) is 29.0 Å². The maximum atomic E-state index is 14.2. The molecule has 0 atom stereocenters. The molecule has 1 N–H and O–H groups in total. The van der Waals surface area contributed by atoms with Crippen LogP contribution in [0.25, 0.3) is 0 Å². The molecular formula is C20H17FN2O4S. The first-order valence-corrected chi connectivity index (χ1v) is 10.1. The van der Waals surface area contributed by atoms with Gasteiger partial charge in [-0.1, -0.05) is 18.2 Å². The van der Waals surface area contributed by atoms with Crippen LogP contribution in [0.15, 0.2) is 70.2 Å². The molecule has 1 aromatic heterocycles. The molecule has 0 bridgehead atoms. The third-order valence-corrected chi connectivity index (χ3v) is 6.43.